The van der Waals surface area contributed by atoms with Crippen LogP contribution in [0.15, 0.2) is 24.3 Å². The fourth-order valence-electron chi connectivity index (χ4n) is 1.80. The molecule has 0 aromatic heterocycles. The van der Waals surface area contributed by atoms with Gasteiger partial charge in [-0.05, 0) is 17.7 Å². The molecule has 1 aliphatic heterocycles. The van der Waals surface area contributed by atoms with E-state index in [1.54, 1.807) is 40.3 Å². The van der Waals surface area contributed by atoms with Gasteiger partial charge in [-0.25, -0.2) is 8.42 Å². The number of rotatable bonds is 3. The van der Waals surface area contributed by atoms with Gasteiger partial charge in [-0.2, -0.15) is 21.3 Å². The van der Waals surface area contributed by atoms with Gasteiger partial charge >= 0.3 is 0 Å². The van der Waals surface area contributed by atoms with Crippen molar-refractivity contribution in [2.45, 2.75) is 5.75 Å². The summed E-state index contributed by atoms with van der Waals surface area (Å²) in [6, 6.07) is 8.72. The lowest BCUT2D eigenvalue weighted by Gasteiger charge is -2.25. The molecular weight excluding hydrogens is 268 g/mol. The first-order valence-corrected chi connectivity index (χ1v) is 8.43. The molecule has 0 atom stereocenters. The van der Waals surface area contributed by atoms with E-state index in [0.717, 1.165) is 17.1 Å². The minimum absolute atomic E-state index is 0.0172. The van der Waals surface area contributed by atoms with Crippen molar-refractivity contribution in [1.82, 2.24) is 4.31 Å². The Morgan fingerprint density at radius 3 is 2.39 bits per heavy atom. The minimum Gasteiger partial charge on any atom is -0.212 e. The first-order valence-electron chi connectivity index (χ1n) is 5.66. The maximum absolute atomic E-state index is 12.2. The number of benzene rings is 1. The monoisotopic (exact) mass is 282 g/mol. The van der Waals surface area contributed by atoms with Crippen LogP contribution in [0.2, 0.25) is 0 Å². The SMILES string of the molecule is N#Cc1ccc(CS(=O)(=O)N2CCSCC2)cc1. The van der Waals surface area contributed by atoms with Gasteiger partial charge in [0.25, 0.3) is 0 Å². The second-order valence-electron chi connectivity index (χ2n) is 4.08. The first-order chi connectivity index (χ1) is 8.62. The topological polar surface area (TPSA) is 61.2 Å². The second kappa shape index (κ2) is 5.74. The predicted octanol–water partition coefficient (Wildman–Crippen LogP) is 1.44. The fourth-order valence-corrected chi connectivity index (χ4v) is 4.47. The van der Waals surface area contributed by atoms with Crippen molar-refractivity contribution in [2.75, 3.05) is 24.6 Å². The zero-order valence-corrected chi connectivity index (χ0v) is 11.5. The minimum atomic E-state index is -3.22. The van der Waals surface area contributed by atoms with Crippen LogP contribution in [0, 0.1) is 11.3 Å². The lowest BCUT2D eigenvalue weighted by atomic mass is 10.2. The van der Waals surface area contributed by atoms with Gasteiger partial charge in [-0.3, -0.25) is 0 Å². The quantitative estimate of drug-likeness (QED) is 0.841. The van der Waals surface area contributed by atoms with Crippen molar-refractivity contribution < 1.29 is 8.42 Å². The molecule has 18 heavy (non-hydrogen) atoms. The van der Waals surface area contributed by atoms with E-state index in [1.165, 1.54) is 0 Å². The number of hydrogen-bond acceptors (Lipinski definition) is 4. The van der Waals surface area contributed by atoms with Crippen LogP contribution < -0.4 is 0 Å². The third-order valence-electron chi connectivity index (χ3n) is 2.80. The van der Waals surface area contributed by atoms with Gasteiger partial charge in [0.2, 0.25) is 10.0 Å². The number of nitriles is 1. The van der Waals surface area contributed by atoms with Crippen LogP contribution in [0.1, 0.15) is 11.1 Å². The second-order valence-corrected chi connectivity index (χ2v) is 7.27. The van der Waals surface area contributed by atoms with Crippen molar-refractivity contribution >= 4 is 21.8 Å². The Kier molecular flexibility index (Phi) is 4.27. The van der Waals surface area contributed by atoms with Crippen molar-refractivity contribution in [3.05, 3.63) is 35.4 Å². The average molecular weight is 282 g/mol. The van der Waals surface area contributed by atoms with E-state index in [4.69, 9.17) is 5.26 Å². The molecule has 2 rings (SSSR count). The van der Waals surface area contributed by atoms with Crippen LogP contribution in [0.3, 0.4) is 0 Å². The Bertz CT molecular complexity index is 540. The number of thioether (sulfide) groups is 1. The molecule has 0 spiro atoms. The smallest absolute Gasteiger partial charge is 0.212 e. The molecule has 0 amide bonds. The molecule has 96 valence electrons. The molecular formula is C12H14N2O2S2. The Balaban J connectivity index is 2.09. The van der Waals surface area contributed by atoms with Crippen molar-refractivity contribution in [3.63, 3.8) is 0 Å². The van der Waals surface area contributed by atoms with E-state index >= 15 is 0 Å². The molecule has 1 heterocycles. The largest absolute Gasteiger partial charge is 0.218 e. The van der Waals surface area contributed by atoms with Gasteiger partial charge in [-0.1, -0.05) is 12.1 Å². The van der Waals surface area contributed by atoms with Crippen molar-refractivity contribution in [2.24, 2.45) is 0 Å². The first kappa shape index (κ1) is 13.4. The zero-order chi connectivity index (χ0) is 13.0. The highest BCUT2D eigenvalue weighted by molar-refractivity contribution is 7.99. The summed E-state index contributed by atoms with van der Waals surface area (Å²) in [5.41, 5.74) is 1.28. The van der Waals surface area contributed by atoms with E-state index in [-0.39, 0.29) is 5.75 Å². The van der Waals surface area contributed by atoms with E-state index < -0.39 is 10.0 Å². The summed E-state index contributed by atoms with van der Waals surface area (Å²) in [5, 5.41) is 8.69. The van der Waals surface area contributed by atoms with Crippen LogP contribution in [-0.2, 0) is 15.8 Å². The maximum atomic E-state index is 12.2. The maximum Gasteiger partial charge on any atom is 0.218 e. The number of sulfonamides is 1. The number of hydrogen-bond donors (Lipinski definition) is 0. The van der Waals surface area contributed by atoms with E-state index in [0.29, 0.717) is 18.7 Å². The molecule has 1 aromatic rings. The molecule has 1 fully saturated rings. The summed E-state index contributed by atoms with van der Waals surface area (Å²) >= 11 is 1.78. The fraction of sp³-hybridized carbons (Fsp3) is 0.417. The van der Waals surface area contributed by atoms with Crippen molar-refractivity contribution in [3.8, 4) is 6.07 Å². The molecule has 1 saturated heterocycles. The van der Waals surface area contributed by atoms with E-state index in [2.05, 4.69) is 0 Å². The summed E-state index contributed by atoms with van der Waals surface area (Å²) < 4.78 is 25.9. The van der Waals surface area contributed by atoms with E-state index in [1.807, 2.05) is 6.07 Å². The van der Waals surface area contributed by atoms with Gasteiger partial charge in [0, 0.05) is 24.6 Å². The summed E-state index contributed by atoms with van der Waals surface area (Å²) in [4.78, 5) is 0. The lowest BCUT2D eigenvalue weighted by molar-refractivity contribution is 0.443. The molecule has 0 unspecified atom stereocenters. The Morgan fingerprint density at radius 2 is 1.83 bits per heavy atom. The number of nitrogens with zero attached hydrogens (tertiary/aromatic N) is 2. The Morgan fingerprint density at radius 1 is 1.22 bits per heavy atom. The average Bonchev–Trinajstić information content (AvgIpc) is 2.40. The van der Waals surface area contributed by atoms with Crippen molar-refractivity contribution in [1.29, 1.82) is 5.26 Å². The lowest BCUT2D eigenvalue weighted by Crippen LogP contribution is -2.38. The summed E-state index contributed by atoms with van der Waals surface area (Å²) in [6.07, 6.45) is 0. The van der Waals surface area contributed by atoms with Crippen LogP contribution in [0.25, 0.3) is 0 Å². The summed E-state index contributed by atoms with van der Waals surface area (Å²) in [6.45, 7) is 1.20. The van der Waals surface area contributed by atoms with Gasteiger partial charge < -0.3 is 0 Å². The third kappa shape index (κ3) is 3.25. The standard InChI is InChI=1S/C12H14N2O2S2/c13-9-11-1-3-12(4-2-11)10-18(15,16)14-5-7-17-8-6-14/h1-4H,5-8,10H2. The zero-order valence-electron chi connectivity index (χ0n) is 9.87. The van der Waals surface area contributed by atoms with Gasteiger partial charge in [0.1, 0.15) is 0 Å². The molecule has 0 saturated carbocycles. The molecule has 1 aliphatic rings. The normalized spacial score (nSPS) is 17.3. The molecule has 4 nitrogen and oxygen atoms in total. The molecule has 0 aliphatic carbocycles. The van der Waals surface area contributed by atoms with Crippen LogP contribution in [0.5, 0.6) is 0 Å². The van der Waals surface area contributed by atoms with Crippen LogP contribution >= 0.6 is 11.8 Å². The molecule has 1 aromatic carbocycles. The molecule has 6 heteroatoms. The third-order valence-corrected chi connectivity index (χ3v) is 5.59. The van der Waals surface area contributed by atoms with E-state index in [9.17, 15) is 8.42 Å². The summed E-state index contributed by atoms with van der Waals surface area (Å²) in [5.74, 6) is 1.75. The molecule has 0 N–H and O–H groups in total. The summed E-state index contributed by atoms with van der Waals surface area (Å²) in [7, 11) is -3.22. The molecule has 0 bridgehead atoms. The Hall–Kier alpha value is -1.03. The van der Waals surface area contributed by atoms with Crippen LogP contribution in [0.4, 0.5) is 0 Å². The molecule has 0 radical (unpaired) electrons. The van der Waals surface area contributed by atoms with Gasteiger partial charge in [-0.15, -0.1) is 0 Å². The highest BCUT2D eigenvalue weighted by atomic mass is 32.2. The van der Waals surface area contributed by atoms with Gasteiger partial charge in [0.15, 0.2) is 0 Å². The highest BCUT2D eigenvalue weighted by Gasteiger charge is 2.24. The van der Waals surface area contributed by atoms with Crippen LogP contribution in [-0.4, -0.2) is 37.3 Å². The predicted molar refractivity (Wildman–Crippen MR) is 72.7 cm³/mol. The Labute approximate surface area is 112 Å². The highest BCUT2D eigenvalue weighted by Crippen LogP contribution is 2.17. The van der Waals surface area contributed by atoms with Gasteiger partial charge in [0.05, 0.1) is 17.4 Å².